The number of carbonyl (C=O) groups is 1. The minimum Gasteiger partial charge on any atom is -0.325 e. The lowest BCUT2D eigenvalue weighted by atomic mass is 10.1. The molecule has 0 aliphatic carbocycles. The molecule has 0 aliphatic heterocycles. The van der Waals surface area contributed by atoms with E-state index in [-0.39, 0.29) is 11.7 Å². The monoisotopic (exact) mass is 362 g/mol. The number of aromatic nitrogens is 2. The minimum atomic E-state index is -0.138. The van der Waals surface area contributed by atoms with Gasteiger partial charge < -0.3 is 5.32 Å². The molecule has 3 rings (SSSR count). The Balaban J connectivity index is 1.69. The van der Waals surface area contributed by atoms with Crippen molar-refractivity contribution in [3.63, 3.8) is 0 Å². The second-order valence-corrected chi connectivity index (χ2v) is 6.84. The molecule has 26 heavy (non-hydrogen) atoms. The van der Waals surface area contributed by atoms with Gasteiger partial charge in [-0.25, -0.2) is 4.98 Å². The summed E-state index contributed by atoms with van der Waals surface area (Å²) in [6.45, 7) is 4.10. The number of nitriles is 1. The van der Waals surface area contributed by atoms with E-state index >= 15 is 0 Å². The predicted octanol–water partition coefficient (Wildman–Crippen LogP) is 4.09. The maximum Gasteiger partial charge on any atom is 0.234 e. The molecule has 3 aromatic rings. The zero-order valence-electron chi connectivity index (χ0n) is 14.6. The summed E-state index contributed by atoms with van der Waals surface area (Å²) in [5, 5.41) is 12.5. The summed E-state index contributed by atoms with van der Waals surface area (Å²) >= 11 is 1.38. The summed E-state index contributed by atoms with van der Waals surface area (Å²) in [6.07, 6.45) is 3.64. The van der Waals surface area contributed by atoms with E-state index < -0.39 is 0 Å². The van der Waals surface area contributed by atoms with Crippen molar-refractivity contribution in [3.8, 4) is 11.8 Å². The highest BCUT2D eigenvalue weighted by atomic mass is 32.2. The molecule has 0 bridgehead atoms. The van der Waals surface area contributed by atoms with Crippen molar-refractivity contribution in [2.24, 2.45) is 0 Å². The predicted molar refractivity (Wildman–Crippen MR) is 104 cm³/mol. The third-order valence-electron chi connectivity index (χ3n) is 3.84. The number of imidazole rings is 1. The number of carbonyl (C=O) groups excluding carboxylic acids is 1. The number of anilines is 1. The molecule has 0 fully saturated rings. The average molecular weight is 362 g/mol. The van der Waals surface area contributed by atoms with Crippen molar-refractivity contribution in [3.05, 3.63) is 71.5 Å². The van der Waals surface area contributed by atoms with Crippen LogP contribution < -0.4 is 5.32 Å². The van der Waals surface area contributed by atoms with Gasteiger partial charge in [-0.15, -0.1) is 0 Å². The number of aryl methyl sites for hydroxylation is 2. The van der Waals surface area contributed by atoms with Crippen LogP contribution in [0.5, 0.6) is 0 Å². The van der Waals surface area contributed by atoms with E-state index in [9.17, 15) is 4.79 Å². The van der Waals surface area contributed by atoms with Crippen LogP contribution in [0.1, 0.15) is 16.7 Å². The molecule has 130 valence electrons. The molecular formula is C20H18N4OS. The van der Waals surface area contributed by atoms with Gasteiger partial charge in [-0.2, -0.15) is 5.26 Å². The average Bonchev–Trinajstić information content (AvgIpc) is 3.10. The first-order chi connectivity index (χ1) is 12.6. The van der Waals surface area contributed by atoms with Crippen molar-refractivity contribution >= 4 is 23.4 Å². The second kappa shape index (κ2) is 7.89. The molecule has 0 saturated heterocycles. The zero-order chi connectivity index (χ0) is 18.5. The number of thioether (sulfide) groups is 1. The lowest BCUT2D eigenvalue weighted by molar-refractivity contribution is -0.113. The fourth-order valence-electron chi connectivity index (χ4n) is 2.55. The SMILES string of the molecule is Cc1ccc(C)c(-n2ccnc2SCC(=O)Nc2cccc(C#N)c2)c1. The molecule has 0 atom stereocenters. The highest BCUT2D eigenvalue weighted by Crippen LogP contribution is 2.23. The summed E-state index contributed by atoms with van der Waals surface area (Å²) in [5.74, 6) is 0.0964. The van der Waals surface area contributed by atoms with Crippen molar-refractivity contribution in [2.45, 2.75) is 19.0 Å². The first kappa shape index (κ1) is 17.8. The maximum absolute atomic E-state index is 12.2. The summed E-state index contributed by atoms with van der Waals surface area (Å²) in [5.41, 5.74) is 4.51. The maximum atomic E-state index is 12.2. The van der Waals surface area contributed by atoms with Gasteiger partial charge in [-0.05, 0) is 49.2 Å². The number of hydrogen-bond donors (Lipinski definition) is 1. The quantitative estimate of drug-likeness (QED) is 0.694. The third kappa shape index (κ3) is 4.13. The number of amides is 1. The number of nitrogens with zero attached hydrogens (tertiary/aromatic N) is 3. The van der Waals surface area contributed by atoms with E-state index in [0.29, 0.717) is 11.3 Å². The van der Waals surface area contributed by atoms with Gasteiger partial charge in [-0.1, -0.05) is 30.0 Å². The molecule has 0 aliphatic rings. The highest BCUT2D eigenvalue weighted by Gasteiger charge is 2.11. The van der Waals surface area contributed by atoms with E-state index in [2.05, 4.69) is 48.4 Å². The molecule has 0 spiro atoms. The van der Waals surface area contributed by atoms with E-state index in [4.69, 9.17) is 5.26 Å². The first-order valence-electron chi connectivity index (χ1n) is 8.10. The van der Waals surface area contributed by atoms with Crippen molar-refractivity contribution < 1.29 is 4.79 Å². The molecule has 2 aromatic carbocycles. The Morgan fingerprint density at radius 2 is 2.12 bits per heavy atom. The standard InChI is InChI=1S/C20H18N4OS/c1-14-6-7-15(2)18(10-14)24-9-8-22-20(24)26-13-19(25)23-17-5-3-4-16(11-17)12-21/h3-11H,13H2,1-2H3,(H,23,25). The Hall–Kier alpha value is -3.04. The summed E-state index contributed by atoms with van der Waals surface area (Å²) in [6, 6.07) is 15.2. The second-order valence-electron chi connectivity index (χ2n) is 5.90. The van der Waals surface area contributed by atoms with Gasteiger partial charge in [0, 0.05) is 18.1 Å². The van der Waals surface area contributed by atoms with Gasteiger partial charge in [-0.3, -0.25) is 9.36 Å². The highest BCUT2D eigenvalue weighted by molar-refractivity contribution is 7.99. The Kier molecular flexibility index (Phi) is 5.40. The van der Waals surface area contributed by atoms with Crippen LogP contribution in [0.3, 0.4) is 0 Å². The third-order valence-corrected chi connectivity index (χ3v) is 4.81. The van der Waals surface area contributed by atoms with Crippen molar-refractivity contribution in [1.82, 2.24) is 9.55 Å². The summed E-state index contributed by atoms with van der Waals surface area (Å²) < 4.78 is 2.00. The van der Waals surface area contributed by atoms with Crippen molar-refractivity contribution in [2.75, 3.05) is 11.1 Å². The molecule has 0 radical (unpaired) electrons. The normalized spacial score (nSPS) is 10.3. The van der Waals surface area contributed by atoms with Crippen LogP contribution in [-0.4, -0.2) is 21.2 Å². The van der Waals surface area contributed by atoms with Gasteiger partial charge in [0.1, 0.15) is 0 Å². The van der Waals surface area contributed by atoms with E-state index in [1.807, 2.05) is 10.8 Å². The fourth-order valence-corrected chi connectivity index (χ4v) is 3.32. The molecule has 5 nitrogen and oxygen atoms in total. The molecule has 0 unspecified atom stereocenters. The number of rotatable bonds is 5. The van der Waals surface area contributed by atoms with Crippen LogP contribution in [0.15, 0.2) is 60.0 Å². The van der Waals surface area contributed by atoms with Crippen molar-refractivity contribution in [1.29, 1.82) is 5.26 Å². The number of nitrogens with one attached hydrogen (secondary N) is 1. The van der Waals surface area contributed by atoms with Crippen LogP contribution in [0.2, 0.25) is 0 Å². The molecule has 1 aromatic heterocycles. The topological polar surface area (TPSA) is 70.7 Å². The Bertz CT molecular complexity index is 987. The van der Waals surface area contributed by atoms with Gasteiger partial charge in [0.05, 0.1) is 23.1 Å². The Morgan fingerprint density at radius 3 is 2.92 bits per heavy atom. The van der Waals surface area contributed by atoms with Gasteiger partial charge in [0.15, 0.2) is 5.16 Å². The van der Waals surface area contributed by atoms with E-state index in [0.717, 1.165) is 16.4 Å². The Labute approximate surface area is 156 Å². The summed E-state index contributed by atoms with van der Waals surface area (Å²) in [4.78, 5) is 16.6. The van der Waals surface area contributed by atoms with E-state index in [1.54, 1.807) is 30.5 Å². The largest absolute Gasteiger partial charge is 0.325 e. The lowest BCUT2D eigenvalue weighted by Crippen LogP contribution is -2.14. The smallest absolute Gasteiger partial charge is 0.234 e. The first-order valence-corrected chi connectivity index (χ1v) is 9.09. The Morgan fingerprint density at radius 1 is 1.27 bits per heavy atom. The van der Waals surface area contributed by atoms with Crippen LogP contribution in [0.4, 0.5) is 5.69 Å². The zero-order valence-corrected chi connectivity index (χ0v) is 15.4. The van der Waals surface area contributed by atoms with E-state index in [1.165, 1.54) is 17.3 Å². The number of hydrogen-bond acceptors (Lipinski definition) is 4. The number of benzene rings is 2. The molecule has 1 amide bonds. The van der Waals surface area contributed by atoms with Gasteiger partial charge >= 0.3 is 0 Å². The lowest BCUT2D eigenvalue weighted by Gasteiger charge is -2.11. The molecule has 6 heteroatoms. The van der Waals surface area contributed by atoms with Gasteiger partial charge in [0.2, 0.25) is 5.91 Å². The molecule has 0 saturated carbocycles. The minimum absolute atomic E-state index is 0.138. The molecule has 1 heterocycles. The molecular weight excluding hydrogens is 344 g/mol. The van der Waals surface area contributed by atoms with Crippen LogP contribution in [0.25, 0.3) is 5.69 Å². The van der Waals surface area contributed by atoms with Crippen LogP contribution in [0, 0.1) is 25.2 Å². The van der Waals surface area contributed by atoms with Gasteiger partial charge in [0.25, 0.3) is 0 Å². The van der Waals surface area contributed by atoms with Crippen LogP contribution in [-0.2, 0) is 4.79 Å². The van der Waals surface area contributed by atoms with Crippen LogP contribution >= 0.6 is 11.8 Å². The summed E-state index contributed by atoms with van der Waals surface area (Å²) in [7, 11) is 0. The molecule has 1 N–H and O–H groups in total. The fraction of sp³-hybridized carbons (Fsp3) is 0.150.